The Hall–Kier alpha value is -2.77. The van der Waals surface area contributed by atoms with Crippen molar-refractivity contribution >= 4 is 17.0 Å². The van der Waals surface area contributed by atoms with Gasteiger partial charge < -0.3 is 19.1 Å². The van der Waals surface area contributed by atoms with E-state index in [1.165, 1.54) is 11.1 Å². The van der Waals surface area contributed by atoms with Gasteiger partial charge in [-0.3, -0.25) is 9.47 Å². The van der Waals surface area contributed by atoms with Gasteiger partial charge in [-0.05, 0) is 49.1 Å². The Morgan fingerprint density at radius 2 is 1.94 bits per heavy atom. The van der Waals surface area contributed by atoms with Crippen LogP contribution in [0, 0.1) is 0 Å². The lowest BCUT2D eigenvalue weighted by Gasteiger charge is -2.38. The molecule has 31 heavy (non-hydrogen) atoms. The topological polar surface area (TPSA) is 52.0 Å². The molecule has 0 N–H and O–H groups in total. The van der Waals surface area contributed by atoms with Crippen molar-refractivity contribution in [3.8, 4) is 11.5 Å². The number of ether oxygens (including phenoxy) is 3. The first-order valence-corrected chi connectivity index (χ1v) is 11.0. The number of imidazole rings is 1. The zero-order valence-corrected chi connectivity index (χ0v) is 18.3. The van der Waals surface area contributed by atoms with E-state index in [0.29, 0.717) is 6.10 Å². The van der Waals surface area contributed by atoms with Crippen molar-refractivity contribution in [2.24, 2.45) is 0 Å². The lowest BCUT2D eigenvalue weighted by Crippen LogP contribution is -2.48. The lowest BCUT2D eigenvalue weighted by molar-refractivity contribution is 0.107. The van der Waals surface area contributed by atoms with Crippen molar-refractivity contribution in [1.29, 1.82) is 0 Å². The van der Waals surface area contributed by atoms with Gasteiger partial charge in [0.05, 0.1) is 44.7 Å². The molecule has 0 amide bonds. The second-order valence-corrected chi connectivity index (χ2v) is 8.30. The molecule has 1 fully saturated rings. The summed E-state index contributed by atoms with van der Waals surface area (Å²) < 4.78 is 19.1. The van der Waals surface area contributed by atoms with E-state index in [1.54, 1.807) is 14.2 Å². The molecule has 2 aliphatic heterocycles. The highest BCUT2D eigenvalue weighted by atomic mass is 16.5. The van der Waals surface area contributed by atoms with E-state index in [-0.39, 0.29) is 0 Å². The zero-order valence-electron chi connectivity index (χ0n) is 18.3. The summed E-state index contributed by atoms with van der Waals surface area (Å²) >= 11 is 0. The summed E-state index contributed by atoms with van der Waals surface area (Å²) in [4.78, 5) is 9.81. The third-order valence-electron chi connectivity index (χ3n) is 6.24. The molecule has 0 saturated carbocycles. The van der Waals surface area contributed by atoms with E-state index in [9.17, 15) is 0 Å². The average molecular weight is 423 g/mol. The van der Waals surface area contributed by atoms with Gasteiger partial charge in [-0.25, -0.2) is 4.98 Å². The van der Waals surface area contributed by atoms with Gasteiger partial charge in [-0.15, -0.1) is 0 Å². The molecule has 0 radical (unpaired) electrons. The fourth-order valence-corrected chi connectivity index (χ4v) is 4.63. The van der Waals surface area contributed by atoms with Crippen LogP contribution in [0.3, 0.4) is 0 Å². The number of hydrogen-bond donors (Lipinski definition) is 0. The van der Waals surface area contributed by atoms with Crippen LogP contribution in [0.5, 0.6) is 11.5 Å². The average Bonchev–Trinajstić information content (AvgIpc) is 3.45. The predicted molar refractivity (Wildman–Crippen MR) is 121 cm³/mol. The molecule has 2 aromatic carbocycles. The highest BCUT2D eigenvalue weighted by molar-refractivity contribution is 5.79. The largest absolute Gasteiger partial charge is 0.493 e. The van der Waals surface area contributed by atoms with E-state index < -0.39 is 0 Å². The summed E-state index contributed by atoms with van der Waals surface area (Å²) in [6.45, 7) is 4.40. The van der Waals surface area contributed by atoms with Crippen molar-refractivity contribution in [3.63, 3.8) is 0 Å². The molecule has 5 rings (SSSR count). The van der Waals surface area contributed by atoms with Gasteiger partial charge in [-0.2, -0.15) is 0 Å². The molecule has 1 aromatic heterocycles. The Kier molecular flexibility index (Phi) is 5.70. The summed E-state index contributed by atoms with van der Waals surface area (Å²) in [6, 6.07) is 14.6. The third-order valence-corrected chi connectivity index (χ3v) is 6.24. The smallest absolute Gasteiger partial charge is 0.208 e. The summed E-state index contributed by atoms with van der Waals surface area (Å²) in [5, 5.41) is 0. The maximum Gasteiger partial charge on any atom is 0.208 e. The van der Waals surface area contributed by atoms with Crippen molar-refractivity contribution in [2.75, 3.05) is 45.5 Å². The standard InChI is InChI=1S/C24H30N4O3/c1-29-22-10-9-18(14-23(22)30-2)11-12-26-16-27(15-19-6-5-13-31-19)24-25-20-7-3-4-8-21(20)28(24)17-26/h3-4,7-10,14,19H,5-6,11-13,15-17H2,1-2H3. The predicted octanol–water partition coefficient (Wildman–Crippen LogP) is 3.51. The fraction of sp³-hybridized carbons (Fsp3) is 0.458. The molecule has 0 spiro atoms. The molecule has 164 valence electrons. The van der Waals surface area contributed by atoms with Crippen LogP contribution in [-0.4, -0.2) is 61.1 Å². The van der Waals surface area contributed by atoms with Crippen LogP contribution in [0.4, 0.5) is 5.95 Å². The zero-order chi connectivity index (χ0) is 21.2. The second kappa shape index (κ2) is 8.77. The van der Waals surface area contributed by atoms with Gasteiger partial charge in [0.15, 0.2) is 11.5 Å². The van der Waals surface area contributed by atoms with Gasteiger partial charge in [0, 0.05) is 19.7 Å². The maximum absolute atomic E-state index is 5.93. The quantitative estimate of drug-likeness (QED) is 0.581. The molecular formula is C24H30N4O3. The van der Waals surface area contributed by atoms with Crippen LogP contribution in [0.15, 0.2) is 42.5 Å². The van der Waals surface area contributed by atoms with Gasteiger partial charge >= 0.3 is 0 Å². The van der Waals surface area contributed by atoms with Gasteiger partial charge in [0.1, 0.15) is 0 Å². The number of aromatic nitrogens is 2. The Labute approximate surface area is 183 Å². The maximum atomic E-state index is 5.93. The van der Waals surface area contributed by atoms with Gasteiger partial charge in [0.2, 0.25) is 5.95 Å². The molecule has 7 heteroatoms. The minimum absolute atomic E-state index is 0.291. The highest BCUT2D eigenvalue weighted by Crippen LogP contribution is 2.30. The number of fused-ring (bicyclic) bond motifs is 3. The molecule has 2 aliphatic rings. The molecule has 1 unspecified atom stereocenters. The summed E-state index contributed by atoms with van der Waals surface area (Å²) in [6.07, 6.45) is 3.51. The Morgan fingerprint density at radius 3 is 2.74 bits per heavy atom. The molecule has 0 bridgehead atoms. The van der Waals surface area contributed by atoms with Crippen molar-refractivity contribution in [3.05, 3.63) is 48.0 Å². The normalized spacial score (nSPS) is 19.0. The van der Waals surface area contributed by atoms with Crippen LogP contribution in [0.25, 0.3) is 11.0 Å². The third kappa shape index (κ3) is 4.07. The number of rotatable bonds is 7. The number of hydrogen-bond acceptors (Lipinski definition) is 6. The number of benzene rings is 2. The first-order chi connectivity index (χ1) is 15.2. The Morgan fingerprint density at radius 1 is 1.06 bits per heavy atom. The SMILES string of the molecule is COc1ccc(CCN2CN(CC3CCCO3)c3nc4ccccc4n3C2)cc1OC. The number of methoxy groups -OCH3 is 2. The van der Waals surface area contributed by atoms with Crippen LogP contribution >= 0.6 is 0 Å². The van der Waals surface area contributed by atoms with E-state index >= 15 is 0 Å². The van der Waals surface area contributed by atoms with E-state index in [2.05, 4.69) is 50.8 Å². The second-order valence-electron chi connectivity index (χ2n) is 8.30. The molecule has 3 aromatic rings. The summed E-state index contributed by atoms with van der Waals surface area (Å²) in [5.74, 6) is 2.60. The molecule has 0 aliphatic carbocycles. The van der Waals surface area contributed by atoms with Crippen molar-refractivity contribution < 1.29 is 14.2 Å². The van der Waals surface area contributed by atoms with Crippen molar-refractivity contribution in [2.45, 2.75) is 32.0 Å². The number of nitrogens with zero attached hydrogens (tertiary/aromatic N) is 4. The van der Waals surface area contributed by atoms with Crippen molar-refractivity contribution in [1.82, 2.24) is 14.5 Å². The van der Waals surface area contributed by atoms with E-state index in [4.69, 9.17) is 19.2 Å². The molecule has 1 atom stereocenters. The fourth-order valence-electron chi connectivity index (χ4n) is 4.63. The van der Waals surface area contributed by atoms with E-state index in [1.807, 2.05) is 6.07 Å². The Balaban J connectivity index is 1.36. The molecule has 1 saturated heterocycles. The first-order valence-electron chi connectivity index (χ1n) is 11.0. The van der Waals surface area contributed by atoms with Gasteiger partial charge in [-0.1, -0.05) is 18.2 Å². The van der Waals surface area contributed by atoms with Gasteiger partial charge in [0.25, 0.3) is 0 Å². The molecule has 7 nitrogen and oxygen atoms in total. The summed E-state index contributed by atoms with van der Waals surface area (Å²) in [5.41, 5.74) is 3.48. The van der Waals surface area contributed by atoms with Crippen LogP contribution < -0.4 is 14.4 Å². The monoisotopic (exact) mass is 422 g/mol. The van der Waals surface area contributed by atoms with Crippen LogP contribution in [0.1, 0.15) is 18.4 Å². The van der Waals surface area contributed by atoms with E-state index in [0.717, 1.165) is 75.3 Å². The van der Waals surface area contributed by atoms with Crippen LogP contribution in [-0.2, 0) is 17.8 Å². The lowest BCUT2D eigenvalue weighted by atomic mass is 10.1. The molecular weight excluding hydrogens is 392 g/mol. The summed E-state index contributed by atoms with van der Waals surface area (Å²) in [7, 11) is 3.35. The minimum atomic E-state index is 0.291. The first kappa shape index (κ1) is 20.2. The molecule has 3 heterocycles. The number of para-hydroxylation sites is 2. The minimum Gasteiger partial charge on any atom is -0.493 e. The Bertz CT molecular complexity index is 1040. The number of anilines is 1. The highest BCUT2D eigenvalue weighted by Gasteiger charge is 2.29. The van der Waals surface area contributed by atoms with Crippen LogP contribution in [0.2, 0.25) is 0 Å².